The van der Waals surface area contributed by atoms with E-state index in [9.17, 15) is 19.2 Å². The Morgan fingerprint density at radius 3 is 2.79 bits per heavy atom. The highest BCUT2D eigenvalue weighted by Crippen LogP contribution is 2.12. The van der Waals surface area contributed by atoms with Gasteiger partial charge in [0.1, 0.15) is 18.4 Å². The van der Waals surface area contributed by atoms with Crippen LogP contribution in [0.4, 0.5) is 10.6 Å². The van der Waals surface area contributed by atoms with Crippen LogP contribution < -0.4 is 16.3 Å². The zero-order valence-electron chi connectivity index (χ0n) is 14.6. The maximum absolute atomic E-state index is 12.2. The molecule has 1 unspecified atom stereocenters. The number of carbonyl (C=O) groups is 2. The van der Waals surface area contributed by atoms with Crippen LogP contribution in [-0.2, 0) is 25.7 Å². The standard InChI is InChI=1S/C18H16N4O6/c23-10-13(15-16(24)19-7-9-27-15)22-8-6-14(20-17(22)25)21-18(26)28-11-12-4-2-1-3-5-12/h1-6,8,15H,7,9,11H2,(H,19,24)(H,20,21,25,26). The fraction of sp³-hybridized carbons (Fsp3) is 0.222. The van der Waals surface area contributed by atoms with Gasteiger partial charge in [0.15, 0.2) is 11.8 Å². The van der Waals surface area contributed by atoms with Gasteiger partial charge in [0.25, 0.3) is 5.91 Å². The molecule has 1 fully saturated rings. The Labute approximate surface area is 158 Å². The first-order valence-electron chi connectivity index (χ1n) is 8.30. The third kappa shape index (κ3) is 4.50. The lowest BCUT2D eigenvalue weighted by Crippen LogP contribution is -2.47. The van der Waals surface area contributed by atoms with Crippen LogP contribution in [0.1, 0.15) is 5.56 Å². The van der Waals surface area contributed by atoms with Crippen LogP contribution in [0.3, 0.4) is 0 Å². The summed E-state index contributed by atoms with van der Waals surface area (Å²) in [6.45, 7) is 0.551. The number of nitrogens with zero attached hydrogens (tertiary/aromatic N) is 2. The van der Waals surface area contributed by atoms with Gasteiger partial charge in [-0.05, 0) is 11.6 Å². The van der Waals surface area contributed by atoms with Gasteiger partial charge < -0.3 is 14.8 Å². The van der Waals surface area contributed by atoms with E-state index in [0.29, 0.717) is 6.54 Å². The van der Waals surface area contributed by atoms with E-state index in [2.05, 4.69) is 15.6 Å². The molecule has 3 rings (SSSR count). The van der Waals surface area contributed by atoms with Crippen molar-refractivity contribution < 1.29 is 23.9 Å². The molecule has 10 heteroatoms. The first kappa shape index (κ1) is 19.0. The molecule has 0 saturated carbocycles. The molecule has 2 aromatic rings. The van der Waals surface area contributed by atoms with Crippen LogP contribution in [-0.4, -0.2) is 46.7 Å². The van der Waals surface area contributed by atoms with Crippen molar-refractivity contribution in [1.29, 1.82) is 0 Å². The van der Waals surface area contributed by atoms with Crippen LogP contribution in [0.5, 0.6) is 0 Å². The molecular formula is C18H16N4O6. The molecule has 1 saturated heterocycles. The molecule has 1 aromatic heterocycles. The maximum atomic E-state index is 12.2. The van der Waals surface area contributed by atoms with Crippen molar-refractivity contribution in [2.75, 3.05) is 18.5 Å². The molecule has 0 aliphatic carbocycles. The summed E-state index contributed by atoms with van der Waals surface area (Å²) in [6.07, 6.45) is -0.872. The molecule has 2 heterocycles. The molecule has 1 aliphatic heterocycles. The smallest absolute Gasteiger partial charge is 0.413 e. The predicted octanol–water partition coefficient (Wildman–Crippen LogP) is 0.179. The quantitative estimate of drug-likeness (QED) is 0.704. The Kier molecular flexibility index (Phi) is 5.95. The van der Waals surface area contributed by atoms with Gasteiger partial charge in [0.2, 0.25) is 0 Å². The van der Waals surface area contributed by atoms with Gasteiger partial charge in [-0.15, -0.1) is 0 Å². The SMILES string of the molecule is O=C=C(C1OCCNC1=O)n1ccc(NC(=O)OCc2ccccc2)nc1=O. The van der Waals surface area contributed by atoms with Crippen LogP contribution in [0.25, 0.3) is 5.70 Å². The summed E-state index contributed by atoms with van der Waals surface area (Å²) >= 11 is 0. The fourth-order valence-electron chi connectivity index (χ4n) is 2.47. The van der Waals surface area contributed by atoms with Gasteiger partial charge in [-0.3, -0.25) is 14.7 Å². The second-order valence-electron chi connectivity index (χ2n) is 5.68. The number of anilines is 1. The van der Waals surface area contributed by atoms with Gasteiger partial charge in [-0.2, -0.15) is 4.98 Å². The normalized spacial score (nSPS) is 15.9. The summed E-state index contributed by atoms with van der Waals surface area (Å²) in [5.41, 5.74) is -0.415. The number of rotatable bonds is 5. The molecular weight excluding hydrogens is 368 g/mol. The summed E-state index contributed by atoms with van der Waals surface area (Å²) in [5.74, 6) is 0.926. The summed E-state index contributed by atoms with van der Waals surface area (Å²) in [5, 5.41) is 4.85. The summed E-state index contributed by atoms with van der Waals surface area (Å²) in [7, 11) is 0. The largest absolute Gasteiger partial charge is 0.444 e. The number of nitrogens with one attached hydrogen (secondary N) is 2. The third-order valence-corrected chi connectivity index (χ3v) is 3.78. The van der Waals surface area contributed by atoms with E-state index in [0.717, 1.165) is 10.1 Å². The third-order valence-electron chi connectivity index (χ3n) is 3.78. The van der Waals surface area contributed by atoms with Crippen molar-refractivity contribution >= 4 is 29.5 Å². The lowest BCUT2D eigenvalue weighted by molar-refractivity contribution is -0.133. The number of hydrogen-bond donors (Lipinski definition) is 2. The Balaban J connectivity index is 1.68. The first-order chi connectivity index (χ1) is 13.6. The molecule has 0 bridgehead atoms. The molecule has 1 aromatic carbocycles. The lowest BCUT2D eigenvalue weighted by atomic mass is 10.2. The maximum Gasteiger partial charge on any atom is 0.413 e. The minimum absolute atomic E-state index is 0.0515. The van der Waals surface area contributed by atoms with E-state index in [4.69, 9.17) is 9.47 Å². The topological polar surface area (TPSA) is 129 Å². The molecule has 1 aliphatic rings. The van der Waals surface area contributed by atoms with E-state index in [1.165, 1.54) is 12.3 Å². The van der Waals surface area contributed by atoms with E-state index < -0.39 is 23.8 Å². The number of benzene rings is 1. The minimum atomic E-state index is -1.26. The summed E-state index contributed by atoms with van der Waals surface area (Å²) in [4.78, 5) is 50.8. The van der Waals surface area contributed by atoms with Crippen LogP contribution in [0.15, 0.2) is 47.4 Å². The number of ether oxygens (including phenoxy) is 2. The van der Waals surface area contributed by atoms with E-state index >= 15 is 0 Å². The second-order valence-corrected chi connectivity index (χ2v) is 5.68. The molecule has 10 nitrogen and oxygen atoms in total. The number of amides is 2. The molecule has 0 spiro atoms. The zero-order chi connectivity index (χ0) is 19.9. The Hall–Kier alpha value is -3.75. The molecule has 28 heavy (non-hydrogen) atoms. The van der Waals surface area contributed by atoms with Crippen molar-refractivity contribution in [3.8, 4) is 0 Å². The Morgan fingerprint density at radius 2 is 2.11 bits per heavy atom. The molecule has 1 atom stereocenters. The van der Waals surface area contributed by atoms with E-state index in [-0.39, 0.29) is 24.7 Å². The summed E-state index contributed by atoms with van der Waals surface area (Å²) in [6, 6.07) is 10.3. The highest BCUT2D eigenvalue weighted by atomic mass is 16.5. The van der Waals surface area contributed by atoms with Gasteiger partial charge in [-0.25, -0.2) is 14.4 Å². The van der Waals surface area contributed by atoms with Crippen molar-refractivity contribution in [2.45, 2.75) is 12.7 Å². The first-order valence-corrected chi connectivity index (χ1v) is 8.30. The van der Waals surface area contributed by atoms with Crippen LogP contribution in [0, 0.1) is 0 Å². The molecule has 2 N–H and O–H groups in total. The molecule has 0 radical (unpaired) electrons. The lowest BCUT2D eigenvalue weighted by Gasteiger charge is -2.23. The monoisotopic (exact) mass is 384 g/mol. The average molecular weight is 384 g/mol. The highest BCUT2D eigenvalue weighted by molar-refractivity contribution is 5.97. The van der Waals surface area contributed by atoms with Gasteiger partial charge in [0.05, 0.1) is 6.61 Å². The number of hydrogen-bond acceptors (Lipinski definition) is 7. The van der Waals surface area contributed by atoms with E-state index in [1.807, 2.05) is 18.2 Å². The average Bonchev–Trinajstić information content (AvgIpc) is 2.70. The number of aromatic nitrogens is 2. The van der Waals surface area contributed by atoms with Crippen molar-refractivity contribution in [3.63, 3.8) is 0 Å². The van der Waals surface area contributed by atoms with Crippen molar-refractivity contribution in [1.82, 2.24) is 14.9 Å². The second kappa shape index (κ2) is 8.76. The Morgan fingerprint density at radius 1 is 1.32 bits per heavy atom. The van der Waals surface area contributed by atoms with Crippen LogP contribution >= 0.6 is 0 Å². The summed E-state index contributed by atoms with van der Waals surface area (Å²) < 4.78 is 11.1. The minimum Gasteiger partial charge on any atom is -0.444 e. The van der Waals surface area contributed by atoms with Gasteiger partial charge in [-0.1, -0.05) is 30.3 Å². The van der Waals surface area contributed by atoms with Crippen molar-refractivity contribution in [2.24, 2.45) is 0 Å². The van der Waals surface area contributed by atoms with Gasteiger partial charge in [0, 0.05) is 12.7 Å². The fourth-order valence-corrected chi connectivity index (χ4v) is 2.47. The Bertz CT molecular complexity index is 981. The van der Waals surface area contributed by atoms with E-state index in [1.54, 1.807) is 18.1 Å². The number of morpholine rings is 1. The van der Waals surface area contributed by atoms with Crippen LogP contribution in [0.2, 0.25) is 0 Å². The van der Waals surface area contributed by atoms with Gasteiger partial charge >= 0.3 is 11.8 Å². The van der Waals surface area contributed by atoms with Crippen molar-refractivity contribution in [3.05, 3.63) is 58.6 Å². The zero-order valence-corrected chi connectivity index (χ0v) is 14.6. The molecule has 2 amide bonds. The molecule has 144 valence electrons. The predicted molar refractivity (Wildman–Crippen MR) is 96.9 cm³/mol. The number of carbonyl (C=O) groups excluding carboxylic acids is 3. The highest BCUT2D eigenvalue weighted by Gasteiger charge is 2.30.